The molecule has 12 heavy (non-hydrogen) atoms. The minimum Gasteiger partial charge on any atom is -0.313 e. The predicted octanol–water partition coefficient (Wildman–Crippen LogP) is 2.23. The Morgan fingerprint density at radius 1 is 1.33 bits per heavy atom. The molecule has 2 heteroatoms. The van der Waals surface area contributed by atoms with Gasteiger partial charge in [0.1, 0.15) is 0 Å². The molecule has 1 aliphatic rings. The van der Waals surface area contributed by atoms with Gasteiger partial charge in [0.15, 0.2) is 0 Å². The summed E-state index contributed by atoms with van der Waals surface area (Å²) >= 11 is 0. The van der Waals surface area contributed by atoms with E-state index in [-0.39, 0.29) is 5.66 Å². The average molecular weight is 172 g/mol. The van der Waals surface area contributed by atoms with E-state index in [9.17, 15) is 0 Å². The maximum atomic E-state index is 5.75. The first kappa shape index (κ1) is 11.9. The standard InChI is InChI=1S/C7H16N2.C3H8/c1-6-3-2-4-7(8,9)5-6;1-3-2/h6H,2-5,8-9H2,1H3;3H2,1-2H3. The molecule has 1 saturated carbocycles. The van der Waals surface area contributed by atoms with E-state index in [1.54, 1.807) is 0 Å². The smallest absolute Gasteiger partial charge is 0.0639 e. The SMILES string of the molecule is CC1CCCC(N)(N)C1.CCC. The van der Waals surface area contributed by atoms with Gasteiger partial charge in [-0.2, -0.15) is 0 Å². The first-order chi connectivity index (χ1) is 5.52. The molecule has 1 unspecified atom stereocenters. The van der Waals surface area contributed by atoms with Gasteiger partial charge in [0, 0.05) is 0 Å². The largest absolute Gasteiger partial charge is 0.313 e. The van der Waals surface area contributed by atoms with Gasteiger partial charge in [0.2, 0.25) is 0 Å². The Kier molecular flexibility index (Phi) is 5.51. The van der Waals surface area contributed by atoms with Crippen LogP contribution in [0.25, 0.3) is 0 Å². The lowest BCUT2D eigenvalue weighted by Crippen LogP contribution is -2.52. The van der Waals surface area contributed by atoms with Crippen LogP contribution in [0.2, 0.25) is 0 Å². The predicted molar refractivity (Wildman–Crippen MR) is 54.7 cm³/mol. The second-order valence-electron chi connectivity index (χ2n) is 4.14. The summed E-state index contributed by atoms with van der Waals surface area (Å²) in [6.07, 6.45) is 5.74. The van der Waals surface area contributed by atoms with Crippen LogP contribution in [-0.4, -0.2) is 5.66 Å². The summed E-state index contributed by atoms with van der Waals surface area (Å²) in [5.74, 6) is 0.730. The molecule has 2 nitrogen and oxygen atoms in total. The third kappa shape index (κ3) is 5.56. The summed E-state index contributed by atoms with van der Waals surface area (Å²) < 4.78 is 0. The van der Waals surface area contributed by atoms with Gasteiger partial charge >= 0.3 is 0 Å². The molecule has 0 saturated heterocycles. The fourth-order valence-corrected chi connectivity index (χ4v) is 1.63. The van der Waals surface area contributed by atoms with Crippen LogP contribution in [0.1, 0.15) is 52.9 Å². The van der Waals surface area contributed by atoms with Crippen LogP contribution >= 0.6 is 0 Å². The molecular formula is C10H24N2. The zero-order chi connectivity index (χ0) is 9.61. The van der Waals surface area contributed by atoms with E-state index in [0.29, 0.717) is 0 Å². The Labute approximate surface area is 76.7 Å². The molecule has 74 valence electrons. The first-order valence-corrected chi connectivity index (χ1v) is 5.09. The summed E-state index contributed by atoms with van der Waals surface area (Å²) in [4.78, 5) is 0. The van der Waals surface area contributed by atoms with Crippen LogP contribution in [0, 0.1) is 5.92 Å². The number of nitrogens with two attached hydrogens (primary N) is 2. The summed E-state index contributed by atoms with van der Waals surface area (Å²) in [6, 6.07) is 0. The van der Waals surface area contributed by atoms with Crippen LogP contribution in [-0.2, 0) is 0 Å². The van der Waals surface area contributed by atoms with E-state index < -0.39 is 0 Å². The van der Waals surface area contributed by atoms with Crippen LogP contribution in [0.4, 0.5) is 0 Å². The lowest BCUT2D eigenvalue weighted by Gasteiger charge is -2.32. The molecule has 0 amide bonds. The van der Waals surface area contributed by atoms with Crippen molar-refractivity contribution < 1.29 is 0 Å². The van der Waals surface area contributed by atoms with Crippen LogP contribution < -0.4 is 11.5 Å². The molecule has 0 heterocycles. The Balaban J connectivity index is 0.000000354. The lowest BCUT2D eigenvalue weighted by molar-refractivity contribution is 0.243. The molecule has 0 aromatic rings. The Hall–Kier alpha value is -0.0800. The molecule has 0 aromatic heterocycles. The van der Waals surface area contributed by atoms with Gasteiger partial charge in [-0.3, -0.25) is 0 Å². The Morgan fingerprint density at radius 2 is 1.83 bits per heavy atom. The second kappa shape index (κ2) is 5.55. The van der Waals surface area contributed by atoms with Gasteiger partial charge in [-0.05, 0) is 18.8 Å². The summed E-state index contributed by atoms with van der Waals surface area (Å²) in [7, 11) is 0. The van der Waals surface area contributed by atoms with Crippen molar-refractivity contribution in [3.63, 3.8) is 0 Å². The van der Waals surface area contributed by atoms with E-state index >= 15 is 0 Å². The second-order valence-corrected chi connectivity index (χ2v) is 4.14. The fourth-order valence-electron chi connectivity index (χ4n) is 1.63. The zero-order valence-electron chi connectivity index (χ0n) is 8.77. The number of hydrogen-bond donors (Lipinski definition) is 2. The minimum atomic E-state index is -0.350. The highest BCUT2D eigenvalue weighted by molar-refractivity contribution is 4.83. The number of hydrogen-bond acceptors (Lipinski definition) is 2. The molecule has 1 atom stereocenters. The number of rotatable bonds is 0. The van der Waals surface area contributed by atoms with Gasteiger partial charge < -0.3 is 11.5 Å². The third-order valence-electron chi connectivity index (χ3n) is 2.07. The van der Waals surface area contributed by atoms with E-state index in [2.05, 4.69) is 20.8 Å². The van der Waals surface area contributed by atoms with Crippen molar-refractivity contribution in [2.75, 3.05) is 0 Å². The van der Waals surface area contributed by atoms with Gasteiger partial charge in [0.25, 0.3) is 0 Å². The summed E-state index contributed by atoms with van der Waals surface area (Å²) in [5, 5.41) is 0. The molecule has 1 rings (SSSR count). The molecular weight excluding hydrogens is 148 g/mol. The van der Waals surface area contributed by atoms with Crippen molar-refractivity contribution in [2.45, 2.75) is 58.5 Å². The zero-order valence-corrected chi connectivity index (χ0v) is 8.77. The summed E-state index contributed by atoms with van der Waals surface area (Å²) in [5.41, 5.74) is 11.1. The maximum Gasteiger partial charge on any atom is 0.0639 e. The molecule has 0 aromatic carbocycles. The molecule has 1 aliphatic carbocycles. The van der Waals surface area contributed by atoms with E-state index in [1.807, 2.05) is 0 Å². The average Bonchev–Trinajstić information content (AvgIpc) is 1.85. The van der Waals surface area contributed by atoms with Gasteiger partial charge in [-0.1, -0.05) is 40.0 Å². The Morgan fingerprint density at radius 3 is 2.08 bits per heavy atom. The van der Waals surface area contributed by atoms with Crippen LogP contribution in [0.15, 0.2) is 0 Å². The molecule has 4 N–H and O–H groups in total. The van der Waals surface area contributed by atoms with Crippen molar-refractivity contribution in [3.8, 4) is 0 Å². The molecule has 0 radical (unpaired) electrons. The minimum absolute atomic E-state index is 0.350. The molecule has 0 aliphatic heterocycles. The van der Waals surface area contributed by atoms with Crippen LogP contribution in [0.3, 0.4) is 0 Å². The van der Waals surface area contributed by atoms with Crippen molar-refractivity contribution in [1.82, 2.24) is 0 Å². The van der Waals surface area contributed by atoms with E-state index in [0.717, 1.165) is 18.8 Å². The van der Waals surface area contributed by atoms with E-state index in [1.165, 1.54) is 19.3 Å². The summed E-state index contributed by atoms with van der Waals surface area (Å²) in [6.45, 7) is 6.47. The monoisotopic (exact) mass is 172 g/mol. The molecule has 0 spiro atoms. The van der Waals surface area contributed by atoms with Gasteiger partial charge in [-0.25, -0.2) is 0 Å². The third-order valence-corrected chi connectivity index (χ3v) is 2.07. The molecule has 1 fully saturated rings. The normalized spacial score (nSPS) is 27.2. The fraction of sp³-hybridized carbons (Fsp3) is 1.00. The topological polar surface area (TPSA) is 52.0 Å². The highest BCUT2D eigenvalue weighted by atomic mass is 15.0. The van der Waals surface area contributed by atoms with Crippen LogP contribution in [0.5, 0.6) is 0 Å². The van der Waals surface area contributed by atoms with Crippen molar-refractivity contribution in [2.24, 2.45) is 17.4 Å². The van der Waals surface area contributed by atoms with Gasteiger partial charge in [-0.15, -0.1) is 0 Å². The van der Waals surface area contributed by atoms with Gasteiger partial charge in [0.05, 0.1) is 5.66 Å². The highest BCUT2D eigenvalue weighted by Gasteiger charge is 2.25. The van der Waals surface area contributed by atoms with Crippen molar-refractivity contribution in [3.05, 3.63) is 0 Å². The Bertz CT molecular complexity index is 110. The maximum absolute atomic E-state index is 5.75. The molecule has 0 bridgehead atoms. The van der Waals surface area contributed by atoms with E-state index in [4.69, 9.17) is 11.5 Å². The quantitative estimate of drug-likeness (QED) is 0.550. The highest BCUT2D eigenvalue weighted by Crippen LogP contribution is 2.26. The lowest BCUT2D eigenvalue weighted by atomic mass is 9.83. The van der Waals surface area contributed by atoms with Crippen molar-refractivity contribution >= 4 is 0 Å². The van der Waals surface area contributed by atoms with Crippen molar-refractivity contribution in [1.29, 1.82) is 0 Å². The first-order valence-electron chi connectivity index (χ1n) is 5.09.